The molecule has 2 rings (SSSR count). The molecule has 30 heavy (non-hydrogen) atoms. The monoisotopic (exact) mass is 431 g/mol. The molecule has 0 radical (unpaired) electrons. The Morgan fingerprint density at radius 3 is 2.10 bits per heavy atom. The molecule has 0 bridgehead atoms. The standard InChI is InChI=1S/C23H33N3O3S/c1-5-26(6-2)30(28,29)21-15-12-19(13-16-21)14-17-23(27)24-18-22(25(3)4)20-10-8-7-9-11-20/h7-13,15-16,22H,5-6,14,17-18H2,1-4H3,(H,24,27)/t22-/m0/s1. The van der Waals surface area contributed by atoms with Gasteiger partial charge in [-0.1, -0.05) is 56.3 Å². The lowest BCUT2D eigenvalue weighted by Crippen LogP contribution is -2.34. The van der Waals surface area contributed by atoms with Crippen LogP contribution >= 0.6 is 0 Å². The quantitative estimate of drug-likeness (QED) is 0.594. The average Bonchev–Trinajstić information content (AvgIpc) is 2.74. The summed E-state index contributed by atoms with van der Waals surface area (Å²) in [6.07, 6.45) is 0.923. The van der Waals surface area contributed by atoms with Crippen molar-refractivity contribution in [3.8, 4) is 0 Å². The molecule has 0 spiro atoms. The molecule has 2 aromatic rings. The number of benzene rings is 2. The van der Waals surface area contributed by atoms with Crippen LogP contribution in [0.3, 0.4) is 0 Å². The summed E-state index contributed by atoms with van der Waals surface area (Å²) >= 11 is 0. The highest BCUT2D eigenvalue weighted by Gasteiger charge is 2.21. The van der Waals surface area contributed by atoms with Crippen LogP contribution in [0.25, 0.3) is 0 Å². The number of carbonyl (C=O) groups is 1. The first-order valence-corrected chi connectivity index (χ1v) is 11.8. The summed E-state index contributed by atoms with van der Waals surface area (Å²) < 4.78 is 26.5. The van der Waals surface area contributed by atoms with Gasteiger partial charge in [-0.25, -0.2) is 8.42 Å². The minimum Gasteiger partial charge on any atom is -0.354 e. The Hall–Kier alpha value is -2.22. The third-order valence-corrected chi connectivity index (χ3v) is 7.27. The fourth-order valence-electron chi connectivity index (χ4n) is 3.37. The van der Waals surface area contributed by atoms with Crippen molar-refractivity contribution >= 4 is 15.9 Å². The number of hydrogen-bond donors (Lipinski definition) is 1. The second-order valence-electron chi connectivity index (χ2n) is 7.43. The Labute approximate surface area is 180 Å². The minimum absolute atomic E-state index is 0.0161. The fraction of sp³-hybridized carbons (Fsp3) is 0.435. The molecule has 0 aromatic heterocycles. The van der Waals surface area contributed by atoms with Crippen LogP contribution < -0.4 is 5.32 Å². The summed E-state index contributed by atoms with van der Waals surface area (Å²) in [5, 5.41) is 3.02. The summed E-state index contributed by atoms with van der Waals surface area (Å²) in [5.41, 5.74) is 2.10. The maximum absolute atomic E-state index is 12.6. The zero-order valence-electron chi connectivity index (χ0n) is 18.3. The molecule has 0 fully saturated rings. The van der Waals surface area contributed by atoms with Crippen molar-refractivity contribution in [1.29, 1.82) is 0 Å². The molecule has 0 aliphatic rings. The summed E-state index contributed by atoms with van der Waals surface area (Å²) in [5.74, 6) is -0.0161. The van der Waals surface area contributed by atoms with Crippen LogP contribution in [0, 0.1) is 0 Å². The molecule has 0 unspecified atom stereocenters. The zero-order chi connectivity index (χ0) is 22.1. The van der Waals surface area contributed by atoms with E-state index in [0.29, 0.717) is 32.5 Å². The molecule has 1 N–H and O–H groups in total. The van der Waals surface area contributed by atoms with Crippen molar-refractivity contribution in [2.24, 2.45) is 0 Å². The average molecular weight is 432 g/mol. The van der Waals surface area contributed by atoms with Gasteiger partial charge in [0.05, 0.1) is 10.9 Å². The van der Waals surface area contributed by atoms with Gasteiger partial charge in [0, 0.05) is 26.1 Å². The molecule has 0 saturated carbocycles. The topological polar surface area (TPSA) is 69.7 Å². The molecule has 2 aromatic carbocycles. The van der Waals surface area contributed by atoms with Crippen LogP contribution in [0.15, 0.2) is 59.5 Å². The van der Waals surface area contributed by atoms with Crippen molar-refractivity contribution in [1.82, 2.24) is 14.5 Å². The van der Waals surface area contributed by atoms with E-state index >= 15 is 0 Å². The first-order chi connectivity index (χ1) is 14.3. The number of rotatable bonds is 11. The molecule has 7 heteroatoms. The van der Waals surface area contributed by atoms with E-state index in [1.807, 2.05) is 46.1 Å². The van der Waals surface area contributed by atoms with Gasteiger partial charge in [0.15, 0.2) is 0 Å². The Morgan fingerprint density at radius 1 is 0.967 bits per heavy atom. The van der Waals surface area contributed by atoms with E-state index in [9.17, 15) is 13.2 Å². The number of nitrogens with one attached hydrogen (secondary N) is 1. The predicted molar refractivity (Wildman–Crippen MR) is 121 cm³/mol. The molecule has 0 aliphatic heterocycles. The largest absolute Gasteiger partial charge is 0.354 e. The van der Waals surface area contributed by atoms with Gasteiger partial charge in [-0.15, -0.1) is 0 Å². The van der Waals surface area contributed by atoms with Gasteiger partial charge < -0.3 is 10.2 Å². The lowest BCUT2D eigenvalue weighted by atomic mass is 10.1. The van der Waals surface area contributed by atoms with E-state index in [2.05, 4.69) is 22.3 Å². The maximum atomic E-state index is 12.6. The Bertz CT molecular complexity index is 893. The van der Waals surface area contributed by atoms with Crippen LogP contribution in [0.2, 0.25) is 0 Å². The van der Waals surface area contributed by atoms with E-state index in [-0.39, 0.29) is 16.8 Å². The molecule has 0 aliphatic carbocycles. The number of likely N-dealkylation sites (N-methyl/N-ethyl adjacent to an activating group) is 1. The van der Waals surface area contributed by atoms with Crippen LogP contribution in [0.1, 0.15) is 37.4 Å². The Morgan fingerprint density at radius 2 is 1.57 bits per heavy atom. The summed E-state index contributed by atoms with van der Waals surface area (Å²) in [6, 6.07) is 17.0. The van der Waals surface area contributed by atoms with Gasteiger partial charge in [0.25, 0.3) is 0 Å². The minimum atomic E-state index is -3.45. The number of sulfonamides is 1. The van der Waals surface area contributed by atoms with E-state index in [1.54, 1.807) is 24.3 Å². The second kappa shape index (κ2) is 11.2. The normalized spacial score (nSPS) is 12.9. The SMILES string of the molecule is CCN(CC)S(=O)(=O)c1ccc(CCC(=O)NC[C@@H](c2ccccc2)N(C)C)cc1. The number of amides is 1. The summed E-state index contributed by atoms with van der Waals surface area (Å²) in [4.78, 5) is 14.7. The molecule has 6 nitrogen and oxygen atoms in total. The van der Waals surface area contributed by atoms with Gasteiger partial charge in [-0.2, -0.15) is 4.31 Å². The first kappa shape index (κ1) is 24.1. The number of carbonyl (C=O) groups excluding carboxylic acids is 1. The van der Waals surface area contributed by atoms with E-state index < -0.39 is 10.0 Å². The molecule has 0 heterocycles. The van der Waals surface area contributed by atoms with Crippen molar-refractivity contribution in [2.75, 3.05) is 33.7 Å². The Balaban J connectivity index is 1.90. The van der Waals surface area contributed by atoms with E-state index in [0.717, 1.165) is 11.1 Å². The first-order valence-electron chi connectivity index (χ1n) is 10.4. The molecule has 0 saturated heterocycles. The molecular formula is C23H33N3O3S. The maximum Gasteiger partial charge on any atom is 0.243 e. The lowest BCUT2D eigenvalue weighted by Gasteiger charge is -2.25. The van der Waals surface area contributed by atoms with Crippen molar-refractivity contribution in [2.45, 2.75) is 37.6 Å². The van der Waals surface area contributed by atoms with E-state index in [1.165, 1.54) is 4.31 Å². The number of aryl methyl sites for hydroxylation is 1. The molecule has 1 amide bonds. The predicted octanol–water partition coefficient (Wildman–Crippen LogP) is 3.07. The third-order valence-electron chi connectivity index (χ3n) is 5.21. The van der Waals surface area contributed by atoms with Crippen LogP contribution in [-0.2, 0) is 21.2 Å². The van der Waals surface area contributed by atoms with Crippen molar-refractivity contribution in [3.63, 3.8) is 0 Å². The smallest absolute Gasteiger partial charge is 0.243 e. The fourth-order valence-corrected chi connectivity index (χ4v) is 4.83. The zero-order valence-corrected chi connectivity index (χ0v) is 19.2. The highest BCUT2D eigenvalue weighted by Crippen LogP contribution is 2.18. The van der Waals surface area contributed by atoms with Gasteiger partial charge >= 0.3 is 0 Å². The van der Waals surface area contributed by atoms with E-state index in [4.69, 9.17) is 0 Å². The van der Waals surface area contributed by atoms with Crippen LogP contribution in [0.4, 0.5) is 0 Å². The van der Waals surface area contributed by atoms with Gasteiger partial charge in [0.2, 0.25) is 15.9 Å². The van der Waals surface area contributed by atoms with Gasteiger partial charge in [-0.3, -0.25) is 4.79 Å². The Kier molecular flexibility index (Phi) is 9.02. The van der Waals surface area contributed by atoms with Gasteiger partial charge in [-0.05, 0) is 43.8 Å². The lowest BCUT2D eigenvalue weighted by molar-refractivity contribution is -0.121. The summed E-state index contributed by atoms with van der Waals surface area (Å²) in [7, 11) is 0.543. The van der Waals surface area contributed by atoms with Gasteiger partial charge in [0.1, 0.15) is 0 Å². The van der Waals surface area contributed by atoms with Crippen LogP contribution in [-0.4, -0.2) is 57.3 Å². The third kappa shape index (κ3) is 6.39. The highest BCUT2D eigenvalue weighted by atomic mass is 32.2. The number of hydrogen-bond acceptors (Lipinski definition) is 4. The van der Waals surface area contributed by atoms with Crippen molar-refractivity contribution in [3.05, 3.63) is 65.7 Å². The molecule has 1 atom stereocenters. The van der Waals surface area contributed by atoms with Crippen molar-refractivity contribution < 1.29 is 13.2 Å². The molecule has 164 valence electrons. The number of nitrogens with zero attached hydrogens (tertiary/aromatic N) is 2. The highest BCUT2D eigenvalue weighted by molar-refractivity contribution is 7.89. The second-order valence-corrected chi connectivity index (χ2v) is 9.37. The summed E-state index contributed by atoms with van der Waals surface area (Å²) in [6.45, 7) is 5.08. The molecular weight excluding hydrogens is 398 g/mol. The van der Waals surface area contributed by atoms with Crippen LogP contribution in [0.5, 0.6) is 0 Å².